The maximum atomic E-state index is 4.75. The van der Waals surface area contributed by atoms with E-state index in [9.17, 15) is 0 Å². The van der Waals surface area contributed by atoms with E-state index in [2.05, 4.69) is 47.4 Å². The van der Waals surface area contributed by atoms with E-state index in [4.69, 9.17) is 5.10 Å². The summed E-state index contributed by atoms with van der Waals surface area (Å²) in [6, 6.07) is 8.74. The van der Waals surface area contributed by atoms with Crippen LogP contribution in [-0.4, -0.2) is 30.6 Å². The Morgan fingerprint density at radius 1 is 1.24 bits per heavy atom. The van der Waals surface area contributed by atoms with Gasteiger partial charge in [-0.25, -0.2) is 4.98 Å². The number of para-hydroxylation sites is 1. The Labute approximate surface area is 123 Å². The zero-order valence-electron chi connectivity index (χ0n) is 12.6. The van der Waals surface area contributed by atoms with Crippen molar-refractivity contribution >= 4 is 10.9 Å². The highest BCUT2D eigenvalue weighted by Crippen LogP contribution is 2.19. The molecule has 0 atom stereocenters. The number of nitrogens with zero attached hydrogens (tertiary/aromatic N) is 5. The fourth-order valence-electron chi connectivity index (χ4n) is 2.35. The van der Waals surface area contributed by atoms with Crippen molar-refractivity contribution in [2.45, 2.75) is 33.0 Å². The summed E-state index contributed by atoms with van der Waals surface area (Å²) in [6.07, 6.45) is 1.57. The summed E-state index contributed by atoms with van der Waals surface area (Å²) in [5, 5.41) is 13.5. The number of aromatic nitrogens is 5. The smallest absolute Gasteiger partial charge is 0.148 e. The van der Waals surface area contributed by atoms with Crippen LogP contribution >= 0.6 is 0 Å². The third kappa shape index (κ3) is 2.80. The van der Waals surface area contributed by atoms with E-state index >= 15 is 0 Å². The minimum atomic E-state index is 0.438. The SMILES string of the molecule is CC(C)NCc1nn(Cc2ncnn2C)c2ccccc12. The normalized spacial score (nSPS) is 11.6. The molecule has 0 saturated heterocycles. The van der Waals surface area contributed by atoms with Crippen LogP contribution in [0.2, 0.25) is 0 Å². The number of benzene rings is 1. The molecule has 0 radical (unpaired) electrons. The van der Waals surface area contributed by atoms with Gasteiger partial charge < -0.3 is 5.32 Å². The van der Waals surface area contributed by atoms with Crippen LogP contribution in [0.4, 0.5) is 0 Å². The first-order valence-electron chi connectivity index (χ1n) is 7.16. The zero-order valence-corrected chi connectivity index (χ0v) is 12.6. The molecule has 3 rings (SSSR count). The molecule has 2 aromatic heterocycles. The van der Waals surface area contributed by atoms with Crippen LogP contribution in [0.25, 0.3) is 10.9 Å². The molecule has 0 fully saturated rings. The van der Waals surface area contributed by atoms with E-state index in [1.165, 1.54) is 5.39 Å². The average molecular weight is 284 g/mol. The van der Waals surface area contributed by atoms with Crippen LogP contribution in [0.15, 0.2) is 30.6 Å². The molecule has 1 N–H and O–H groups in total. The Balaban J connectivity index is 1.96. The van der Waals surface area contributed by atoms with Gasteiger partial charge in [0.05, 0.1) is 11.2 Å². The molecule has 21 heavy (non-hydrogen) atoms. The predicted octanol–water partition coefficient (Wildman–Crippen LogP) is 1.71. The lowest BCUT2D eigenvalue weighted by Gasteiger charge is -2.05. The highest BCUT2D eigenvalue weighted by molar-refractivity contribution is 5.81. The lowest BCUT2D eigenvalue weighted by atomic mass is 10.2. The molecular formula is C15H20N6. The first-order valence-corrected chi connectivity index (χ1v) is 7.16. The molecular weight excluding hydrogens is 264 g/mol. The fraction of sp³-hybridized carbons (Fsp3) is 0.400. The van der Waals surface area contributed by atoms with Crippen LogP contribution in [0.1, 0.15) is 25.4 Å². The van der Waals surface area contributed by atoms with Crippen LogP contribution in [-0.2, 0) is 20.1 Å². The van der Waals surface area contributed by atoms with Gasteiger partial charge in [-0.15, -0.1) is 0 Å². The van der Waals surface area contributed by atoms with Crippen molar-refractivity contribution in [2.24, 2.45) is 7.05 Å². The monoisotopic (exact) mass is 284 g/mol. The Morgan fingerprint density at radius 3 is 2.76 bits per heavy atom. The van der Waals surface area contributed by atoms with Crippen molar-refractivity contribution in [1.29, 1.82) is 0 Å². The standard InChI is InChI=1S/C15H20N6/c1-11(2)16-8-13-12-6-4-5-7-14(12)21(19-13)9-15-17-10-18-20(15)3/h4-7,10-11,16H,8-9H2,1-3H3. The molecule has 0 saturated carbocycles. The Kier molecular flexibility index (Phi) is 3.70. The molecule has 6 nitrogen and oxygen atoms in total. The van der Waals surface area contributed by atoms with Crippen molar-refractivity contribution in [3.63, 3.8) is 0 Å². The number of hydrogen-bond donors (Lipinski definition) is 1. The second-order valence-corrected chi connectivity index (χ2v) is 5.46. The third-order valence-corrected chi connectivity index (χ3v) is 3.51. The minimum absolute atomic E-state index is 0.438. The molecule has 0 aliphatic carbocycles. The van der Waals surface area contributed by atoms with Gasteiger partial charge in [-0.3, -0.25) is 9.36 Å². The minimum Gasteiger partial charge on any atom is -0.309 e. The fourth-order valence-corrected chi connectivity index (χ4v) is 2.35. The van der Waals surface area contributed by atoms with E-state index in [0.29, 0.717) is 12.6 Å². The van der Waals surface area contributed by atoms with Crippen molar-refractivity contribution in [1.82, 2.24) is 29.9 Å². The van der Waals surface area contributed by atoms with Crippen LogP contribution in [0.5, 0.6) is 0 Å². The summed E-state index contributed by atoms with van der Waals surface area (Å²) >= 11 is 0. The third-order valence-electron chi connectivity index (χ3n) is 3.51. The summed E-state index contributed by atoms with van der Waals surface area (Å²) in [4.78, 5) is 4.28. The van der Waals surface area contributed by atoms with Crippen molar-refractivity contribution in [2.75, 3.05) is 0 Å². The van der Waals surface area contributed by atoms with Gasteiger partial charge in [0.2, 0.25) is 0 Å². The van der Waals surface area contributed by atoms with Gasteiger partial charge in [0, 0.05) is 25.0 Å². The number of fused-ring (bicyclic) bond motifs is 1. The molecule has 1 aromatic carbocycles. The summed E-state index contributed by atoms with van der Waals surface area (Å²) in [5.74, 6) is 0.895. The highest BCUT2D eigenvalue weighted by Gasteiger charge is 2.12. The predicted molar refractivity (Wildman–Crippen MR) is 81.8 cm³/mol. The maximum absolute atomic E-state index is 4.75. The second kappa shape index (κ2) is 5.65. The van der Waals surface area contributed by atoms with Crippen molar-refractivity contribution in [3.8, 4) is 0 Å². The number of nitrogens with one attached hydrogen (secondary N) is 1. The lowest BCUT2D eigenvalue weighted by Crippen LogP contribution is -2.22. The van der Waals surface area contributed by atoms with Crippen molar-refractivity contribution in [3.05, 3.63) is 42.1 Å². The molecule has 0 spiro atoms. The first kappa shape index (κ1) is 13.8. The van der Waals surface area contributed by atoms with Gasteiger partial charge in [0.1, 0.15) is 18.7 Å². The average Bonchev–Trinajstić information content (AvgIpc) is 3.02. The largest absolute Gasteiger partial charge is 0.309 e. The first-order chi connectivity index (χ1) is 10.1. The molecule has 0 aliphatic heterocycles. The summed E-state index contributed by atoms with van der Waals surface area (Å²) in [7, 11) is 1.90. The number of aryl methyl sites for hydroxylation is 1. The van der Waals surface area contributed by atoms with Crippen LogP contribution < -0.4 is 5.32 Å². The van der Waals surface area contributed by atoms with Gasteiger partial charge in [-0.05, 0) is 6.07 Å². The molecule has 2 heterocycles. The van der Waals surface area contributed by atoms with Gasteiger partial charge in [0.15, 0.2) is 0 Å². The molecule has 0 aliphatic rings. The van der Waals surface area contributed by atoms with Crippen LogP contribution in [0.3, 0.4) is 0 Å². The van der Waals surface area contributed by atoms with Crippen molar-refractivity contribution < 1.29 is 0 Å². The summed E-state index contributed by atoms with van der Waals surface area (Å²) in [5.41, 5.74) is 2.20. The lowest BCUT2D eigenvalue weighted by molar-refractivity contribution is 0.565. The number of rotatable bonds is 5. The van der Waals surface area contributed by atoms with E-state index in [0.717, 1.165) is 23.6 Å². The Bertz CT molecular complexity index is 740. The topological polar surface area (TPSA) is 60.6 Å². The molecule has 0 bridgehead atoms. The maximum Gasteiger partial charge on any atom is 0.148 e. The van der Waals surface area contributed by atoms with Gasteiger partial charge in [-0.2, -0.15) is 10.2 Å². The molecule has 0 unspecified atom stereocenters. The Morgan fingerprint density at radius 2 is 2.05 bits per heavy atom. The Hall–Kier alpha value is -2.21. The molecule has 0 amide bonds. The van der Waals surface area contributed by atoms with E-state index in [-0.39, 0.29) is 0 Å². The molecule has 3 aromatic rings. The highest BCUT2D eigenvalue weighted by atomic mass is 15.4. The second-order valence-electron chi connectivity index (χ2n) is 5.46. The summed E-state index contributed by atoms with van der Waals surface area (Å²) in [6.45, 7) is 5.67. The molecule has 110 valence electrons. The van der Waals surface area contributed by atoms with Crippen LogP contribution in [0, 0.1) is 0 Å². The van der Waals surface area contributed by atoms with E-state index in [1.807, 2.05) is 17.8 Å². The quantitative estimate of drug-likeness (QED) is 0.775. The van der Waals surface area contributed by atoms with E-state index < -0.39 is 0 Å². The van der Waals surface area contributed by atoms with E-state index in [1.54, 1.807) is 11.0 Å². The number of hydrogen-bond acceptors (Lipinski definition) is 4. The van der Waals surface area contributed by atoms with Gasteiger partial charge in [0.25, 0.3) is 0 Å². The molecule has 6 heteroatoms. The van der Waals surface area contributed by atoms with Gasteiger partial charge in [-0.1, -0.05) is 32.0 Å². The van der Waals surface area contributed by atoms with Gasteiger partial charge >= 0.3 is 0 Å². The zero-order chi connectivity index (χ0) is 14.8. The summed E-state index contributed by atoms with van der Waals surface area (Å²) < 4.78 is 3.78.